The molecule has 0 aromatic rings. The van der Waals surface area contributed by atoms with Crippen LogP contribution in [0.4, 0.5) is 0 Å². The van der Waals surface area contributed by atoms with Gasteiger partial charge in [-0.2, -0.15) is 0 Å². The summed E-state index contributed by atoms with van der Waals surface area (Å²) < 4.78 is 22.1. The second kappa shape index (κ2) is 15.4. The Morgan fingerprint density at radius 3 is 2.15 bits per heavy atom. The fraction of sp³-hybridized carbons (Fsp3) is 1.00. The predicted molar refractivity (Wildman–Crippen MR) is 86.2 cm³/mol. The van der Waals surface area contributed by atoms with Crippen LogP contribution in [0, 0.1) is 5.92 Å². The molecule has 0 aromatic heterocycles. The van der Waals surface area contributed by atoms with E-state index in [4.69, 9.17) is 9.05 Å². The summed E-state index contributed by atoms with van der Waals surface area (Å²) in [6, 6.07) is 0. The molecular formula is C16H34O3P+. The lowest BCUT2D eigenvalue weighted by Gasteiger charge is -2.09. The van der Waals surface area contributed by atoms with Crippen molar-refractivity contribution in [3.63, 3.8) is 0 Å². The molecule has 0 N–H and O–H groups in total. The van der Waals surface area contributed by atoms with Gasteiger partial charge >= 0.3 is 8.25 Å². The summed E-state index contributed by atoms with van der Waals surface area (Å²) in [5.41, 5.74) is 0. The molecule has 0 fully saturated rings. The van der Waals surface area contributed by atoms with Crippen molar-refractivity contribution in [2.75, 3.05) is 13.2 Å². The first-order valence-corrected chi connectivity index (χ1v) is 9.57. The third-order valence-electron chi connectivity index (χ3n) is 3.65. The third kappa shape index (κ3) is 13.0. The quantitative estimate of drug-likeness (QED) is 0.265. The first-order chi connectivity index (χ1) is 9.74. The van der Waals surface area contributed by atoms with E-state index < -0.39 is 8.25 Å². The predicted octanol–water partition coefficient (Wildman–Crippen LogP) is 6.25. The van der Waals surface area contributed by atoms with Crippen LogP contribution < -0.4 is 0 Å². The molecule has 0 aliphatic heterocycles. The fourth-order valence-electron chi connectivity index (χ4n) is 2.12. The molecule has 2 atom stereocenters. The number of rotatable bonds is 15. The zero-order valence-electron chi connectivity index (χ0n) is 13.7. The highest BCUT2D eigenvalue weighted by molar-refractivity contribution is 7.33. The van der Waals surface area contributed by atoms with Gasteiger partial charge in [0.25, 0.3) is 0 Å². The Balaban J connectivity index is 3.43. The number of hydrogen-bond acceptors (Lipinski definition) is 3. The van der Waals surface area contributed by atoms with Gasteiger partial charge in [-0.3, -0.25) is 0 Å². The van der Waals surface area contributed by atoms with Crippen LogP contribution in [0.15, 0.2) is 0 Å². The minimum Gasteiger partial charge on any atom is -0.119 e. The van der Waals surface area contributed by atoms with Gasteiger partial charge in [-0.05, 0) is 18.8 Å². The molecule has 20 heavy (non-hydrogen) atoms. The summed E-state index contributed by atoms with van der Waals surface area (Å²) in [5.74, 6) is 0.520. The second-order valence-corrected chi connectivity index (χ2v) is 6.50. The average molecular weight is 305 g/mol. The lowest BCUT2D eigenvalue weighted by molar-refractivity contribution is 0.187. The summed E-state index contributed by atoms with van der Waals surface area (Å²) in [4.78, 5) is 0. The molecule has 0 aliphatic carbocycles. The highest BCUT2D eigenvalue weighted by atomic mass is 31.1. The zero-order chi connectivity index (χ0) is 15.1. The molecule has 0 rings (SSSR count). The van der Waals surface area contributed by atoms with Gasteiger partial charge in [-0.15, -0.1) is 9.05 Å². The van der Waals surface area contributed by atoms with Gasteiger partial charge in [0.15, 0.2) is 0 Å². The van der Waals surface area contributed by atoms with E-state index in [9.17, 15) is 4.57 Å². The lowest BCUT2D eigenvalue weighted by atomic mass is 10.0. The van der Waals surface area contributed by atoms with Crippen LogP contribution in [0.2, 0.25) is 0 Å². The van der Waals surface area contributed by atoms with Gasteiger partial charge in [-0.1, -0.05) is 72.1 Å². The molecule has 0 radical (unpaired) electrons. The maximum Gasteiger partial charge on any atom is 0.697 e. The van der Waals surface area contributed by atoms with E-state index in [0.717, 1.165) is 25.7 Å². The summed E-state index contributed by atoms with van der Waals surface area (Å²) >= 11 is 0. The normalized spacial score (nSPS) is 13.4. The molecule has 120 valence electrons. The van der Waals surface area contributed by atoms with Crippen molar-refractivity contribution in [3.05, 3.63) is 0 Å². The highest BCUT2D eigenvalue weighted by Crippen LogP contribution is 2.27. The monoisotopic (exact) mass is 305 g/mol. The van der Waals surface area contributed by atoms with E-state index >= 15 is 0 Å². The molecule has 4 heteroatoms. The van der Waals surface area contributed by atoms with Crippen molar-refractivity contribution in [2.45, 2.75) is 85.0 Å². The van der Waals surface area contributed by atoms with Crippen molar-refractivity contribution in [1.29, 1.82) is 0 Å². The molecule has 0 heterocycles. The Bertz CT molecular complexity index is 222. The van der Waals surface area contributed by atoms with Gasteiger partial charge in [0.2, 0.25) is 0 Å². The Labute approximate surface area is 126 Å². The van der Waals surface area contributed by atoms with Crippen LogP contribution in [0.1, 0.15) is 85.0 Å². The SMILES string of the molecule is CCCCCCCCO[P+](=O)OCC(CC)CCCC. The maximum absolute atomic E-state index is 11.6. The van der Waals surface area contributed by atoms with Gasteiger partial charge in [0.05, 0.1) is 0 Å². The molecule has 2 unspecified atom stereocenters. The first-order valence-electron chi connectivity index (χ1n) is 8.47. The van der Waals surface area contributed by atoms with Gasteiger partial charge in [0, 0.05) is 4.57 Å². The van der Waals surface area contributed by atoms with Gasteiger partial charge in [0.1, 0.15) is 13.2 Å². The third-order valence-corrected chi connectivity index (χ3v) is 4.41. The van der Waals surface area contributed by atoms with Crippen LogP contribution >= 0.6 is 8.25 Å². The molecule has 0 aromatic carbocycles. The van der Waals surface area contributed by atoms with Crippen molar-refractivity contribution in [2.24, 2.45) is 5.92 Å². The van der Waals surface area contributed by atoms with Crippen molar-refractivity contribution in [3.8, 4) is 0 Å². The molecule has 3 nitrogen and oxygen atoms in total. The van der Waals surface area contributed by atoms with E-state index in [1.54, 1.807) is 0 Å². The van der Waals surface area contributed by atoms with E-state index in [0.29, 0.717) is 19.1 Å². The summed E-state index contributed by atoms with van der Waals surface area (Å²) in [6.45, 7) is 7.70. The molecule has 0 bridgehead atoms. The maximum atomic E-state index is 11.6. The highest BCUT2D eigenvalue weighted by Gasteiger charge is 2.22. The van der Waals surface area contributed by atoms with E-state index in [2.05, 4.69) is 20.8 Å². The lowest BCUT2D eigenvalue weighted by Crippen LogP contribution is -2.06. The average Bonchev–Trinajstić information content (AvgIpc) is 2.46. The molecule has 0 aliphatic rings. The van der Waals surface area contributed by atoms with Gasteiger partial charge in [-0.25, -0.2) is 0 Å². The minimum absolute atomic E-state index is 0.520. The first kappa shape index (κ1) is 20.0. The largest absolute Gasteiger partial charge is 0.697 e. The van der Waals surface area contributed by atoms with Gasteiger partial charge < -0.3 is 0 Å². The smallest absolute Gasteiger partial charge is 0.119 e. The van der Waals surface area contributed by atoms with Crippen molar-refractivity contribution >= 4 is 8.25 Å². The van der Waals surface area contributed by atoms with Crippen molar-refractivity contribution in [1.82, 2.24) is 0 Å². The van der Waals surface area contributed by atoms with Crippen LogP contribution in [0.5, 0.6) is 0 Å². The molecule has 0 amide bonds. The van der Waals surface area contributed by atoms with Crippen LogP contribution in [-0.4, -0.2) is 13.2 Å². The minimum atomic E-state index is -1.91. The number of unbranched alkanes of at least 4 members (excludes halogenated alkanes) is 6. The van der Waals surface area contributed by atoms with Crippen LogP contribution in [-0.2, 0) is 13.6 Å². The van der Waals surface area contributed by atoms with Crippen LogP contribution in [0.25, 0.3) is 0 Å². The Morgan fingerprint density at radius 1 is 0.850 bits per heavy atom. The summed E-state index contributed by atoms with van der Waals surface area (Å²) in [7, 11) is -1.91. The zero-order valence-corrected chi connectivity index (χ0v) is 14.6. The van der Waals surface area contributed by atoms with E-state index in [1.807, 2.05) is 0 Å². The van der Waals surface area contributed by atoms with E-state index in [1.165, 1.54) is 38.5 Å². The standard InChI is InChI=1S/C16H34O3P/c1-4-7-9-10-11-12-14-18-20(17)19-15-16(6-3)13-8-5-2/h16H,4-15H2,1-3H3/q+1. The molecule has 0 saturated carbocycles. The molecule has 0 spiro atoms. The van der Waals surface area contributed by atoms with Crippen molar-refractivity contribution < 1.29 is 13.6 Å². The summed E-state index contributed by atoms with van der Waals surface area (Å²) in [6.07, 6.45) is 12.0. The van der Waals surface area contributed by atoms with Crippen LogP contribution in [0.3, 0.4) is 0 Å². The molecule has 0 saturated heterocycles. The Kier molecular flexibility index (Phi) is 15.4. The Hall–Kier alpha value is 0.0200. The fourth-order valence-corrected chi connectivity index (χ4v) is 2.81. The molecular weight excluding hydrogens is 271 g/mol. The van der Waals surface area contributed by atoms with E-state index in [-0.39, 0.29) is 0 Å². The summed E-state index contributed by atoms with van der Waals surface area (Å²) in [5, 5.41) is 0. The topological polar surface area (TPSA) is 35.5 Å². The second-order valence-electron chi connectivity index (χ2n) is 5.54. The Morgan fingerprint density at radius 2 is 1.50 bits per heavy atom. The number of hydrogen-bond donors (Lipinski definition) is 0.